The van der Waals surface area contributed by atoms with Gasteiger partial charge in [-0.3, -0.25) is 0 Å². The Labute approximate surface area is 117 Å². The number of rotatable bonds is 3. The van der Waals surface area contributed by atoms with Gasteiger partial charge in [-0.25, -0.2) is 4.98 Å². The average molecular weight is 271 g/mol. The van der Waals surface area contributed by atoms with Crippen molar-refractivity contribution < 1.29 is 0 Å². The zero-order valence-electron chi connectivity index (χ0n) is 10.8. The van der Waals surface area contributed by atoms with Crippen molar-refractivity contribution in [3.63, 3.8) is 0 Å². The number of imidazole rings is 1. The molecule has 2 heterocycles. The molecule has 3 heteroatoms. The number of halogens is 1. The van der Waals surface area contributed by atoms with E-state index in [0.29, 0.717) is 5.88 Å². The molecule has 0 saturated heterocycles. The molecule has 0 spiro atoms. The molecule has 0 atom stereocenters. The van der Waals surface area contributed by atoms with Gasteiger partial charge < -0.3 is 4.40 Å². The summed E-state index contributed by atoms with van der Waals surface area (Å²) in [5, 5.41) is 0. The van der Waals surface area contributed by atoms with Crippen LogP contribution in [0.25, 0.3) is 16.9 Å². The fraction of sp³-hybridized carbons (Fsp3) is 0.188. The third-order valence-electron chi connectivity index (χ3n) is 3.33. The largest absolute Gasteiger partial charge is 0.303 e. The molecule has 0 N–H and O–H groups in total. The third-order valence-corrected chi connectivity index (χ3v) is 3.63. The summed E-state index contributed by atoms with van der Waals surface area (Å²) in [6, 6.07) is 14.4. The van der Waals surface area contributed by atoms with Gasteiger partial charge in [-0.1, -0.05) is 37.3 Å². The van der Waals surface area contributed by atoms with E-state index in [1.54, 1.807) is 0 Å². The number of fused-ring (bicyclic) bond motifs is 1. The Bertz CT molecular complexity index is 701. The summed E-state index contributed by atoms with van der Waals surface area (Å²) in [6.07, 6.45) is 3.01. The number of pyridine rings is 1. The van der Waals surface area contributed by atoms with E-state index in [1.807, 2.05) is 18.2 Å². The van der Waals surface area contributed by atoms with E-state index < -0.39 is 0 Å². The average Bonchev–Trinajstić information content (AvgIpc) is 2.85. The fourth-order valence-electron chi connectivity index (χ4n) is 2.39. The quantitative estimate of drug-likeness (QED) is 0.649. The van der Waals surface area contributed by atoms with Crippen molar-refractivity contribution in [3.8, 4) is 11.3 Å². The van der Waals surface area contributed by atoms with Crippen LogP contribution in [-0.2, 0) is 12.3 Å². The van der Waals surface area contributed by atoms with Crippen molar-refractivity contribution in [2.75, 3.05) is 0 Å². The van der Waals surface area contributed by atoms with Gasteiger partial charge in [0.05, 0.1) is 11.4 Å². The highest BCUT2D eigenvalue weighted by molar-refractivity contribution is 6.17. The molecule has 2 aromatic heterocycles. The normalized spacial score (nSPS) is 11.1. The van der Waals surface area contributed by atoms with Gasteiger partial charge >= 0.3 is 0 Å². The van der Waals surface area contributed by atoms with Crippen molar-refractivity contribution in [1.29, 1.82) is 0 Å². The van der Waals surface area contributed by atoms with Gasteiger partial charge in [-0.05, 0) is 24.1 Å². The van der Waals surface area contributed by atoms with E-state index >= 15 is 0 Å². The number of nitrogens with zero attached hydrogens (tertiary/aromatic N) is 2. The van der Waals surface area contributed by atoms with E-state index in [-0.39, 0.29) is 0 Å². The van der Waals surface area contributed by atoms with Gasteiger partial charge in [0, 0.05) is 17.6 Å². The monoisotopic (exact) mass is 270 g/mol. The first-order valence-electron chi connectivity index (χ1n) is 6.44. The maximum Gasteiger partial charge on any atom is 0.137 e. The van der Waals surface area contributed by atoms with E-state index in [2.05, 4.69) is 41.8 Å². The number of aromatic nitrogens is 2. The molecular formula is C16H15ClN2. The maximum atomic E-state index is 5.89. The molecule has 0 radical (unpaired) electrons. The molecule has 3 aromatic rings. The third kappa shape index (κ3) is 2.13. The molecule has 96 valence electrons. The van der Waals surface area contributed by atoms with Crippen LogP contribution in [-0.4, -0.2) is 9.38 Å². The van der Waals surface area contributed by atoms with Gasteiger partial charge in [0.2, 0.25) is 0 Å². The predicted molar refractivity (Wildman–Crippen MR) is 79.6 cm³/mol. The van der Waals surface area contributed by atoms with Gasteiger partial charge in [0.15, 0.2) is 0 Å². The Hall–Kier alpha value is -1.80. The number of aryl methyl sites for hydroxylation is 1. The van der Waals surface area contributed by atoms with E-state index in [4.69, 9.17) is 16.6 Å². The topological polar surface area (TPSA) is 17.3 Å². The molecule has 3 rings (SSSR count). The van der Waals surface area contributed by atoms with Crippen LogP contribution >= 0.6 is 11.6 Å². The second-order valence-corrected chi connectivity index (χ2v) is 4.79. The highest BCUT2D eigenvalue weighted by Crippen LogP contribution is 2.25. The minimum Gasteiger partial charge on any atom is -0.303 e. The van der Waals surface area contributed by atoms with Crippen molar-refractivity contribution in [2.24, 2.45) is 0 Å². The fourth-order valence-corrected chi connectivity index (χ4v) is 2.55. The highest BCUT2D eigenvalue weighted by Gasteiger charge is 2.12. The van der Waals surface area contributed by atoms with E-state index in [0.717, 1.165) is 28.9 Å². The lowest BCUT2D eigenvalue weighted by molar-refractivity contribution is 0.994. The lowest BCUT2D eigenvalue weighted by Gasteiger charge is -2.02. The van der Waals surface area contributed by atoms with Crippen molar-refractivity contribution in [1.82, 2.24) is 9.38 Å². The number of hydrogen-bond donors (Lipinski definition) is 0. The molecule has 0 amide bonds. The Morgan fingerprint density at radius 3 is 2.63 bits per heavy atom. The van der Waals surface area contributed by atoms with Crippen LogP contribution in [0.15, 0.2) is 48.7 Å². The SMILES string of the molecule is CCc1c(-c2ccccc2)nc2cc(CCl)ccn12. The number of alkyl halides is 1. The molecule has 0 aliphatic carbocycles. The lowest BCUT2D eigenvalue weighted by atomic mass is 10.1. The summed E-state index contributed by atoms with van der Waals surface area (Å²) >= 11 is 5.89. The van der Waals surface area contributed by atoms with E-state index in [9.17, 15) is 0 Å². The van der Waals surface area contributed by atoms with Gasteiger partial charge in [0.1, 0.15) is 5.65 Å². The van der Waals surface area contributed by atoms with Crippen molar-refractivity contribution in [2.45, 2.75) is 19.2 Å². The van der Waals surface area contributed by atoms with Crippen LogP contribution in [0.2, 0.25) is 0 Å². The first-order chi connectivity index (χ1) is 9.33. The maximum absolute atomic E-state index is 5.89. The number of hydrogen-bond acceptors (Lipinski definition) is 1. The molecule has 0 unspecified atom stereocenters. The molecule has 0 aliphatic heterocycles. The zero-order valence-corrected chi connectivity index (χ0v) is 11.6. The first kappa shape index (κ1) is 12.2. The Kier molecular flexibility index (Phi) is 3.26. The molecule has 0 aliphatic rings. The van der Waals surface area contributed by atoms with Gasteiger partial charge in [-0.15, -0.1) is 11.6 Å². The predicted octanol–water partition coefficient (Wildman–Crippen LogP) is 4.30. The molecule has 0 bridgehead atoms. The molecule has 1 aromatic carbocycles. The summed E-state index contributed by atoms with van der Waals surface area (Å²) < 4.78 is 2.15. The van der Waals surface area contributed by atoms with Crippen LogP contribution in [0.3, 0.4) is 0 Å². The summed E-state index contributed by atoms with van der Waals surface area (Å²) in [5.74, 6) is 0.519. The zero-order chi connectivity index (χ0) is 13.2. The minimum absolute atomic E-state index is 0.519. The van der Waals surface area contributed by atoms with Crippen LogP contribution in [0.4, 0.5) is 0 Å². The second-order valence-electron chi connectivity index (χ2n) is 4.52. The van der Waals surface area contributed by atoms with Crippen molar-refractivity contribution in [3.05, 3.63) is 59.9 Å². The minimum atomic E-state index is 0.519. The summed E-state index contributed by atoms with van der Waals surface area (Å²) in [7, 11) is 0. The smallest absolute Gasteiger partial charge is 0.137 e. The van der Waals surface area contributed by atoms with Crippen LogP contribution < -0.4 is 0 Å². The van der Waals surface area contributed by atoms with Crippen LogP contribution in [0.5, 0.6) is 0 Å². The standard InChI is InChI=1S/C16H15ClN2/c1-2-14-16(13-6-4-3-5-7-13)18-15-10-12(11-17)8-9-19(14)15/h3-10H,2,11H2,1H3. The second kappa shape index (κ2) is 5.06. The summed E-state index contributed by atoms with van der Waals surface area (Å²) in [5.41, 5.74) is 5.53. The van der Waals surface area contributed by atoms with Gasteiger partial charge in [0.25, 0.3) is 0 Å². The van der Waals surface area contributed by atoms with Crippen LogP contribution in [0, 0.1) is 0 Å². The molecular weight excluding hydrogens is 256 g/mol. The Balaban J connectivity index is 2.25. The Morgan fingerprint density at radius 1 is 1.16 bits per heavy atom. The highest BCUT2D eigenvalue weighted by atomic mass is 35.5. The van der Waals surface area contributed by atoms with Crippen molar-refractivity contribution >= 4 is 17.2 Å². The molecule has 2 nitrogen and oxygen atoms in total. The Morgan fingerprint density at radius 2 is 1.95 bits per heavy atom. The molecule has 19 heavy (non-hydrogen) atoms. The van der Waals surface area contributed by atoms with Gasteiger partial charge in [-0.2, -0.15) is 0 Å². The van der Waals surface area contributed by atoms with E-state index in [1.165, 1.54) is 5.69 Å². The molecule has 0 saturated carbocycles. The molecule has 0 fully saturated rings. The first-order valence-corrected chi connectivity index (χ1v) is 6.98. The number of benzene rings is 1. The summed E-state index contributed by atoms with van der Waals surface area (Å²) in [6.45, 7) is 2.16. The van der Waals surface area contributed by atoms with Crippen LogP contribution in [0.1, 0.15) is 18.2 Å². The summed E-state index contributed by atoms with van der Waals surface area (Å²) in [4.78, 5) is 4.77. The lowest BCUT2D eigenvalue weighted by Crippen LogP contribution is -1.93.